The van der Waals surface area contributed by atoms with Crippen molar-refractivity contribution in [1.29, 1.82) is 0 Å². The van der Waals surface area contributed by atoms with Gasteiger partial charge in [0.2, 0.25) is 0 Å². The molecule has 3 rings (SSSR count). The Balaban J connectivity index is 1.62. The van der Waals surface area contributed by atoms with Crippen molar-refractivity contribution in [2.24, 2.45) is 5.92 Å². The summed E-state index contributed by atoms with van der Waals surface area (Å²) in [6.07, 6.45) is 10.0. The fourth-order valence-corrected chi connectivity index (χ4v) is 3.97. The Kier molecular flexibility index (Phi) is 4.10. The van der Waals surface area contributed by atoms with Crippen molar-refractivity contribution >= 4 is 5.69 Å². The highest BCUT2D eigenvalue weighted by molar-refractivity contribution is 5.33. The van der Waals surface area contributed by atoms with Crippen molar-refractivity contribution in [3.63, 3.8) is 0 Å². The van der Waals surface area contributed by atoms with Crippen LogP contribution in [0.2, 0.25) is 0 Å². The number of anilines is 1. The van der Waals surface area contributed by atoms with Gasteiger partial charge in [-0.15, -0.1) is 0 Å². The molecule has 2 fully saturated rings. The number of hydrogen-bond donors (Lipinski definition) is 1. The number of nitrogen functional groups attached to an aromatic ring is 1. The third kappa shape index (κ3) is 2.90. The van der Waals surface area contributed by atoms with Crippen molar-refractivity contribution in [2.45, 2.75) is 51.1 Å². The first kappa shape index (κ1) is 13.7. The molecule has 1 unspecified atom stereocenters. The Hall–Kier alpha value is -1.29. The van der Waals surface area contributed by atoms with Crippen molar-refractivity contribution < 1.29 is 0 Å². The van der Waals surface area contributed by atoms with Gasteiger partial charge in [0.05, 0.1) is 0 Å². The van der Waals surface area contributed by atoms with Crippen molar-refractivity contribution in [2.75, 3.05) is 18.8 Å². The van der Waals surface area contributed by atoms with Gasteiger partial charge in [-0.25, -0.2) is 0 Å². The number of likely N-dealkylation sites (tertiary alicyclic amines) is 1. The third-order valence-corrected chi connectivity index (χ3v) is 4.99. The highest BCUT2D eigenvalue weighted by Gasteiger charge is 2.32. The van der Waals surface area contributed by atoms with Crippen LogP contribution in [0, 0.1) is 5.92 Å². The van der Waals surface area contributed by atoms with Gasteiger partial charge in [0.1, 0.15) is 0 Å². The van der Waals surface area contributed by atoms with Crippen LogP contribution in [0.4, 0.5) is 5.69 Å². The molecule has 0 amide bonds. The molecule has 0 bridgehead atoms. The fourth-order valence-electron chi connectivity index (χ4n) is 3.97. The lowest BCUT2D eigenvalue weighted by atomic mass is 9.96. The molecule has 1 aliphatic carbocycles. The molecule has 1 aromatic heterocycles. The van der Waals surface area contributed by atoms with E-state index >= 15 is 0 Å². The first-order valence-corrected chi connectivity index (χ1v) is 7.94. The van der Waals surface area contributed by atoms with Crippen molar-refractivity contribution in [3.05, 3.63) is 28.7 Å². The lowest BCUT2D eigenvalue weighted by Crippen LogP contribution is -2.38. The van der Waals surface area contributed by atoms with Gasteiger partial charge in [0.25, 0.3) is 5.56 Å². The molecule has 1 aromatic rings. The summed E-state index contributed by atoms with van der Waals surface area (Å²) in [7, 11) is 0. The Morgan fingerprint density at radius 1 is 1.10 bits per heavy atom. The minimum absolute atomic E-state index is 0.0517. The Labute approximate surface area is 120 Å². The van der Waals surface area contributed by atoms with Crippen molar-refractivity contribution in [3.8, 4) is 0 Å². The average molecular weight is 275 g/mol. The summed E-state index contributed by atoms with van der Waals surface area (Å²) in [5.74, 6) is 0.898. The maximum absolute atomic E-state index is 11.8. The van der Waals surface area contributed by atoms with Gasteiger partial charge < -0.3 is 10.3 Å². The first-order chi connectivity index (χ1) is 9.74. The monoisotopic (exact) mass is 275 g/mol. The Bertz CT molecular complexity index is 505. The van der Waals surface area contributed by atoms with Crippen LogP contribution in [0.15, 0.2) is 23.1 Å². The quantitative estimate of drug-likeness (QED) is 0.915. The van der Waals surface area contributed by atoms with Gasteiger partial charge in [0.15, 0.2) is 0 Å². The largest absolute Gasteiger partial charge is 0.398 e. The molecule has 2 N–H and O–H groups in total. The number of nitrogens with two attached hydrogens (primary N) is 1. The molecular weight excluding hydrogens is 250 g/mol. The maximum atomic E-state index is 11.8. The predicted octanol–water partition coefficient (Wildman–Crippen LogP) is 2.09. The summed E-state index contributed by atoms with van der Waals surface area (Å²) in [5.41, 5.74) is 6.48. The van der Waals surface area contributed by atoms with Gasteiger partial charge in [-0.3, -0.25) is 9.69 Å². The minimum atomic E-state index is 0.0517. The van der Waals surface area contributed by atoms with Gasteiger partial charge in [-0.2, -0.15) is 0 Å². The van der Waals surface area contributed by atoms with E-state index in [2.05, 4.69) is 4.90 Å². The fraction of sp³-hybridized carbons (Fsp3) is 0.688. The van der Waals surface area contributed by atoms with E-state index in [9.17, 15) is 4.79 Å². The summed E-state index contributed by atoms with van der Waals surface area (Å²) < 4.78 is 1.75. The molecule has 1 aliphatic heterocycles. The van der Waals surface area contributed by atoms with E-state index in [1.807, 2.05) is 0 Å². The summed E-state index contributed by atoms with van der Waals surface area (Å²) in [4.78, 5) is 14.4. The second kappa shape index (κ2) is 6.00. The molecular formula is C16H25N3O. The van der Waals surface area contributed by atoms with E-state index in [1.54, 1.807) is 22.9 Å². The molecule has 1 atom stereocenters. The number of aromatic nitrogens is 1. The lowest BCUT2D eigenvalue weighted by molar-refractivity contribution is 0.184. The number of nitrogens with zero attached hydrogens (tertiary/aromatic N) is 2. The molecule has 0 radical (unpaired) electrons. The van der Waals surface area contributed by atoms with Crippen LogP contribution in [0.5, 0.6) is 0 Å². The standard InChI is InChI=1S/C16H25N3O/c17-14-7-8-16(20)19(12-14)11-10-18-9-3-6-15(18)13-4-1-2-5-13/h7-8,12-13,15H,1-6,9-11,17H2. The predicted molar refractivity (Wildman–Crippen MR) is 81.7 cm³/mol. The zero-order chi connectivity index (χ0) is 13.9. The van der Waals surface area contributed by atoms with Crippen LogP contribution in [0.3, 0.4) is 0 Å². The zero-order valence-corrected chi connectivity index (χ0v) is 12.1. The van der Waals surface area contributed by atoms with Gasteiger partial charge in [-0.1, -0.05) is 12.8 Å². The van der Waals surface area contributed by atoms with E-state index in [0.717, 1.165) is 25.0 Å². The topological polar surface area (TPSA) is 51.3 Å². The Morgan fingerprint density at radius 2 is 1.90 bits per heavy atom. The van der Waals surface area contributed by atoms with E-state index < -0.39 is 0 Å². The maximum Gasteiger partial charge on any atom is 0.250 e. The highest BCUT2D eigenvalue weighted by Crippen LogP contribution is 2.35. The minimum Gasteiger partial charge on any atom is -0.398 e. The summed E-state index contributed by atoms with van der Waals surface area (Å²) in [5, 5.41) is 0. The third-order valence-electron chi connectivity index (χ3n) is 4.99. The van der Waals surface area contributed by atoms with Crippen molar-refractivity contribution in [1.82, 2.24) is 9.47 Å². The van der Waals surface area contributed by atoms with Crippen LogP contribution in [0.25, 0.3) is 0 Å². The lowest BCUT2D eigenvalue weighted by Gasteiger charge is -2.29. The first-order valence-electron chi connectivity index (χ1n) is 7.94. The average Bonchev–Trinajstić information content (AvgIpc) is 3.09. The highest BCUT2D eigenvalue weighted by atomic mass is 16.1. The van der Waals surface area contributed by atoms with Gasteiger partial charge in [0, 0.05) is 37.1 Å². The molecule has 110 valence electrons. The normalized spacial score (nSPS) is 24.5. The second-order valence-corrected chi connectivity index (χ2v) is 6.28. The number of hydrogen-bond acceptors (Lipinski definition) is 3. The van der Waals surface area contributed by atoms with Crippen LogP contribution in [-0.4, -0.2) is 28.6 Å². The van der Waals surface area contributed by atoms with E-state index in [4.69, 9.17) is 5.73 Å². The molecule has 2 aliphatic rings. The zero-order valence-electron chi connectivity index (χ0n) is 12.1. The molecule has 4 nitrogen and oxygen atoms in total. The van der Waals surface area contributed by atoms with Crippen LogP contribution >= 0.6 is 0 Å². The van der Waals surface area contributed by atoms with E-state index in [0.29, 0.717) is 5.69 Å². The SMILES string of the molecule is Nc1ccc(=O)n(CCN2CCCC2C2CCCC2)c1. The molecule has 2 heterocycles. The molecule has 20 heavy (non-hydrogen) atoms. The summed E-state index contributed by atoms with van der Waals surface area (Å²) >= 11 is 0. The van der Waals surface area contributed by atoms with Crippen LogP contribution in [-0.2, 0) is 6.54 Å². The molecule has 0 spiro atoms. The second-order valence-electron chi connectivity index (χ2n) is 6.28. The smallest absolute Gasteiger partial charge is 0.250 e. The summed E-state index contributed by atoms with van der Waals surface area (Å²) in [6, 6.07) is 4.00. The van der Waals surface area contributed by atoms with Gasteiger partial charge >= 0.3 is 0 Å². The number of rotatable bonds is 4. The Morgan fingerprint density at radius 3 is 2.70 bits per heavy atom. The molecule has 0 aromatic carbocycles. The van der Waals surface area contributed by atoms with E-state index in [1.165, 1.54) is 45.1 Å². The molecule has 1 saturated carbocycles. The summed E-state index contributed by atoms with van der Waals surface area (Å²) in [6.45, 7) is 2.93. The molecule has 1 saturated heterocycles. The number of pyridine rings is 1. The van der Waals surface area contributed by atoms with E-state index in [-0.39, 0.29) is 5.56 Å². The molecule has 4 heteroatoms. The van der Waals surface area contributed by atoms with Crippen LogP contribution < -0.4 is 11.3 Å². The van der Waals surface area contributed by atoms with Gasteiger partial charge in [-0.05, 0) is 44.2 Å². The van der Waals surface area contributed by atoms with Crippen LogP contribution in [0.1, 0.15) is 38.5 Å².